The first-order valence-electron chi connectivity index (χ1n) is 5.39. The minimum absolute atomic E-state index is 0.194. The van der Waals surface area contributed by atoms with Crippen molar-refractivity contribution in [3.63, 3.8) is 0 Å². The number of carbonyl (C=O) groups is 1. The highest BCUT2D eigenvalue weighted by Crippen LogP contribution is 2.21. The average Bonchev–Trinajstić information content (AvgIpc) is 2.16. The third-order valence-electron chi connectivity index (χ3n) is 2.58. The van der Waals surface area contributed by atoms with Crippen LogP contribution < -0.4 is 5.73 Å². The zero-order valence-corrected chi connectivity index (χ0v) is 9.66. The summed E-state index contributed by atoms with van der Waals surface area (Å²) in [6.45, 7) is 6.21. The lowest BCUT2D eigenvalue weighted by atomic mass is 9.91. The molecule has 0 aliphatic rings. The summed E-state index contributed by atoms with van der Waals surface area (Å²) < 4.78 is 0. The number of nitrogens with two attached hydrogens (primary N) is 1. The van der Waals surface area contributed by atoms with Gasteiger partial charge in [-0.3, -0.25) is 4.79 Å². The number of rotatable bonds is 4. The van der Waals surface area contributed by atoms with Crippen LogP contribution in [0.1, 0.15) is 37.8 Å². The molecule has 0 aromatic heterocycles. The first kappa shape index (κ1) is 11.8. The van der Waals surface area contributed by atoms with Crippen LogP contribution in [0.5, 0.6) is 0 Å². The number of carbonyl (C=O) groups excluding carboxylic acids is 1. The second-order valence-electron chi connectivity index (χ2n) is 4.42. The third-order valence-corrected chi connectivity index (χ3v) is 2.58. The molecule has 82 valence electrons. The molecule has 0 unspecified atom stereocenters. The second-order valence-corrected chi connectivity index (χ2v) is 4.42. The number of amides is 1. The van der Waals surface area contributed by atoms with E-state index >= 15 is 0 Å². The average molecular weight is 205 g/mol. The van der Waals surface area contributed by atoms with Crippen molar-refractivity contribution in [2.75, 3.05) is 0 Å². The van der Waals surface area contributed by atoms with Gasteiger partial charge in [-0.1, -0.05) is 38.1 Å². The van der Waals surface area contributed by atoms with Crippen LogP contribution in [-0.4, -0.2) is 5.91 Å². The van der Waals surface area contributed by atoms with Crippen LogP contribution in [0.4, 0.5) is 0 Å². The van der Waals surface area contributed by atoms with Gasteiger partial charge in [0.2, 0.25) is 5.91 Å². The van der Waals surface area contributed by atoms with Crippen molar-refractivity contribution in [3.8, 4) is 0 Å². The van der Waals surface area contributed by atoms with E-state index in [1.165, 1.54) is 5.56 Å². The monoisotopic (exact) mass is 205 g/mol. The quantitative estimate of drug-likeness (QED) is 0.806. The van der Waals surface area contributed by atoms with E-state index in [0.29, 0.717) is 5.92 Å². The van der Waals surface area contributed by atoms with Crippen LogP contribution in [0.2, 0.25) is 0 Å². The van der Waals surface area contributed by atoms with Gasteiger partial charge in [0.15, 0.2) is 0 Å². The number of benzene rings is 1. The molecule has 0 saturated heterocycles. The molecule has 0 saturated carbocycles. The van der Waals surface area contributed by atoms with E-state index < -0.39 is 0 Å². The van der Waals surface area contributed by atoms with Gasteiger partial charge in [0.25, 0.3) is 0 Å². The van der Waals surface area contributed by atoms with Crippen molar-refractivity contribution in [1.82, 2.24) is 0 Å². The molecule has 2 nitrogen and oxygen atoms in total. The minimum atomic E-state index is -0.258. The number of hydrogen-bond donors (Lipinski definition) is 1. The van der Waals surface area contributed by atoms with Gasteiger partial charge >= 0.3 is 0 Å². The van der Waals surface area contributed by atoms with E-state index in [1.807, 2.05) is 25.1 Å². The fraction of sp³-hybridized carbons (Fsp3) is 0.462. The summed E-state index contributed by atoms with van der Waals surface area (Å²) in [4.78, 5) is 11.2. The van der Waals surface area contributed by atoms with Crippen LogP contribution in [0.3, 0.4) is 0 Å². The van der Waals surface area contributed by atoms with Crippen LogP contribution in [-0.2, 0) is 11.2 Å². The summed E-state index contributed by atoms with van der Waals surface area (Å²) in [5, 5.41) is 0. The Morgan fingerprint density at radius 1 is 1.27 bits per heavy atom. The Hall–Kier alpha value is -1.31. The van der Waals surface area contributed by atoms with Crippen molar-refractivity contribution in [3.05, 3.63) is 35.4 Å². The zero-order valence-electron chi connectivity index (χ0n) is 9.66. The van der Waals surface area contributed by atoms with E-state index in [2.05, 4.69) is 19.9 Å². The third kappa shape index (κ3) is 3.08. The minimum Gasteiger partial charge on any atom is -0.369 e. The fourth-order valence-corrected chi connectivity index (χ4v) is 1.74. The Balaban J connectivity index is 3.00. The maximum atomic E-state index is 11.2. The topological polar surface area (TPSA) is 43.1 Å². The van der Waals surface area contributed by atoms with E-state index in [9.17, 15) is 4.79 Å². The Morgan fingerprint density at radius 3 is 2.40 bits per heavy atom. The summed E-state index contributed by atoms with van der Waals surface area (Å²) in [7, 11) is 0. The second kappa shape index (κ2) is 4.96. The predicted molar refractivity (Wildman–Crippen MR) is 62.6 cm³/mol. The maximum absolute atomic E-state index is 11.2. The molecular weight excluding hydrogens is 186 g/mol. The standard InChI is InChI=1S/C13H19NO/c1-9(2)8-11-6-4-5-7-12(11)10(3)13(14)15/h4-7,9-10H,8H2,1-3H3,(H2,14,15)/t10-/m1/s1. The van der Waals surface area contributed by atoms with E-state index in [4.69, 9.17) is 5.73 Å². The molecule has 1 aromatic rings. The van der Waals surface area contributed by atoms with Crippen LogP contribution >= 0.6 is 0 Å². The highest BCUT2D eigenvalue weighted by Gasteiger charge is 2.15. The summed E-state index contributed by atoms with van der Waals surface area (Å²) in [6.07, 6.45) is 0.994. The first-order chi connectivity index (χ1) is 7.02. The summed E-state index contributed by atoms with van der Waals surface area (Å²) in [6, 6.07) is 8.04. The molecule has 2 heteroatoms. The molecule has 0 aliphatic heterocycles. The van der Waals surface area contributed by atoms with Crippen molar-refractivity contribution in [1.29, 1.82) is 0 Å². The SMILES string of the molecule is CC(C)Cc1ccccc1[C@@H](C)C(N)=O. The fourth-order valence-electron chi connectivity index (χ4n) is 1.74. The van der Waals surface area contributed by atoms with Gasteiger partial charge in [-0.15, -0.1) is 0 Å². The highest BCUT2D eigenvalue weighted by atomic mass is 16.1. The number of primary amides is 1. The molecule has 1 rings (SSSR count). The van der Waals surface area contributed by atoms with Crippen LogP contribution in [0.25, 0.3) is 0 Å². The smallest absolute Gasteiger partial charge is 0.224 e. The Morgan fingerprint density at radius 2 is 1.87 bits per heavy atom. The molecule has 0 spiro atoms. The molecule has 0 bridgehead atoms. The lowest BCUT2D eigenvalue weighted by Gasteiger charge is -2.15. The van der Waals surface area contributed by atoms with Crippen molar-refractivity contribution >= 4 is 5.91 Å². The zero-order chi connectivity index (χ0) is 11.4. The normalized spacial score (nSPS) is 12.8. The molecule has 0 aliphatic carbocycles. The molecule has 1 aromatic carbocycles. The van der Waals surface area contributed by atoms with E-state index in [1.54, 1.807) is 0 Å². The van der Waals surface area contributed by atoms with Crippen LogP contribution in [0.15, 0.2) is 24.3 Å². The summed E-state index contributed by atoms with van der Waals surface area (Å²) >= 11 is 0. The molecule has 0 radical (unpaired) electrons. The van der Waals surface area contributed by atoms with Gasteiger partial charge in [0.05, 0.1) is 5.92 Å². The van der Waals surface area contributed by atoms with Gasteiger partial charge in [-0.25, -0.2) is 0 Å². The van der Waals surface area contributed by atoms with Gasteiger partial charge in [0.1, 0.15) is 0 Å². The van der Waals surface area contributed by atoms with E-state index in [-0.39, 0.29) is 11.8 Å². The predicted octanol–water partition coefficient (Wildman–Crippen LogP) is 2.47. The van der Waals surface area contributed by atoms with Gasteiger partial charge < -0.3 is 5.73 Å². The molecule has 0 fully saturated rings. The molecule has 15 heavy (non-hydrogen) atoms. The molecule has 0 heterocycles. The molecular formula is C13H19NO. The lowest BCUT2D eigenvalue weighted by Crippen LogP contribution is -2.20. The first-order valence-corrected chi connectivity index (χ1v) is 5.39. The van der Waals surface area contributed by atoms with Gasteiger partial charge in [0, 0.05) is 0 Å². The Bertz CT molecular complexity index is 344. The van der Waals surface area contributed by atoms with Crippen molar-refractivity contribution in [2.24, 2.45) is 11.7 Å². The van der Waals surface area contributed by atoms with Crippen LogP contribution in [0, 0.1) is 5.92 Å². The Labute approximate surface area is 91.5 Å². The largest absolute Gasteiger partial charge is 0.369 e. The van der Waals surface area contributed by atoms with E-state index in [0.717, 1.165) is 12.0 Å². The van der Waals surface area contributed by atoms with Crippen molar-refractivity contribution in [2.45, 2.75) is 33.1 Å². The summed E-state index contributed by atoms with van der Waals surface area (Å²) in [5.74, 6) is 0.136. The highest BCUT2D eigenvalue weighted by molar-refractivity contribution is 5.81. The molecule has 1 amide bonds. The van der Waals surface area contributed by atoms with Crippen molar-refractivity contribution < 1.29 is 4.79 Å². The Kier molecular flexibility index (Phi) is 3.89. The summed E-state index contributed by atoms with van der Waals surface area (Å²) in [5.41, 5.74) is 7.63. The molecule has 2 N–H and O–H groups in total. The molecule has 1 atom stereocenters. The lowest BCUT2D eigenvalue weighted by molar-refractivity contribution is -0.119. The maximum Gasteiger partial charge on any atom is 0.224 e. The number of hydrogen-bond acceptors (Lipinski definition) is 1. The van der Waals surface area contributed by atoms with Gasteiger partial charge in [-0.05, 0) is 30.4 Å². The van der Waals surface area contributed by atoms with Gasteiger partial charge in [-0.2, -0.15) is 0 Å².